The van der Waals surface area contributed by atoms with E-state index in [1.165, 1.54) is 10.7 Å². The van der Waals surface area contributed by atoms with E-state index in [2.05, 4.69) is 10.1 Å². The third kappa shape index (κ3) is 2.98. The number of benzene rings is 1. The number of methoxy groups -OCH3 is 1. The smallest absolute Gasteiger partial charge is 0.356 e. The van der Waals surface area contributed by atoms with Gasteiger partial charge in [0.15, 0.2) is 16.5 Å². The van der Waals surface area contributed by atoms with E-state index in [0.29, 0.717) is 17.9 Å². The highest BCUT2D eigenvalue weighted by Crippen LogP contribution is 2.25. The maximum absolute atomic E-state index is 11.3. The molecule has 8 heteroatoms. The SMILES string of the molecule is COc1ccc(CN(C)c2cc(Cl)nn3c(C(=O)O)cnc23)cc1. The molecule has 3 aromatic rings. The molecule has 7 nitrogen and oxygen atoms in total. The fourth-order valence-electron chi connectivity index (χ4n) is 2.44. The molecule has 0 aliphatic carbocycles. The van der Waals surface area contributed by atoms with E-state index in [0.717, 1.165) is 11.3 Å². The van der Waals surface area contributed by atoms with Crippen molar-refractivity contribution in [2.75, 3.05) is 19.1 Å². The lowest BCUT2D eigenvalue weighted by atomic mass is 10.2. The quantitative estimate of drug-likeness (QED) is 0.765. The fraction of sp³-hybridized carbons (Fsp3) is 0.188. The molecular formula is C16H15ClN4O3. The Labute approximate surface area is 143 Å². The molecule has 1 N–H and O–H groups in total. The lowest BCUT2D eigenvalue weighted by Gasteiger charge is -2.20. The van der Waals surface area contributed by atoms with Crippen molar-refractivity contribution in [2.45, 2.75) is 6.54 Å². The first kappa shape index (κ1) is 16.1. The molecule has 1 aromatic carbocycles. The molecule has 0 amide bonds. The summed E-state index contributed by atoms with van der Waals surface area (Å²) in [5.74, 6) is -0.323. The molecule has 0 radical (unpaired) electrons. The summed E-state index contributed by atoms with van der Waals surface area (Å²) in [4.78, 5) is 17.4. The number of aromatic nitrogens is 3. The number of aromatic carboxylic acids is 1. The van der Waals surface area contributed by atoms with E-state index in [4.69, 9.17) is 16.3 Å². The number of hydrogen-bond donors (Lipinski definition) is 1. The Balaban J connectivity index is 1.96. The van der Waals surface area contributed by atoms with Gasteiger partial charge in [-0.3, -0.25) is 0 Å². The minimum absolute atomic E-state index is 0.0356. The van der Waals surface area contributed by atoms with Crippen LogP contribution in [0.1, 0.15) is 16.1 Å². The number of hydrogen-bond acceptors (Lipinski definition) is 5. The van der Waals surface area contributed by atoms with Crippen LogP contribution in [0, 0.1) is 0 Å². The number of ether oxygens (including phenoxy) is 1. The van der Waals surface area contributed by atoms with E-state index in [9.17, 15) is 9.90 Å². The first-order valence-corrected chi connectivity index (χ1v) is 7.49. The number of carboxylic acid groups (broad SMARTS) is 1. The predicted molar refractivity (Wildman–Crippen MR) is 90.1 cm³/mol. The van der Waals surface area contributed by atoms with Gasteiger partial charge < -0.3 is 14.7 Å². The topological polar surface area (TPSA) is 80.0 Å². The normalized spacial score (nSPS) is 10.8. The minimum atomic E-state index is -1.11. The summed E-state index contributed by atoms with van der Waals surface area (Å²) in [5, 5.41) is 13.4. The number of carbonyl (C=O) groups is 1. The molecule has 0 aliphatic heterocycles. The van der Waals surface area contributed by atoms with Crippen molar-refractivity contribution in [1.82, 2.24) is 14.6 Å². The molecule has 0 unspecified atom stereocenters. The van der Waals surface area contributed by atoms with Gasteiger partial charge in [0.1, 0.15) is 5.75 Å². The van der Waals surface area contributed by atoms with Crippen LogP contribution in [-0.2, 0) is 6.54 Å². The first-order valence-electron chi connectivity index (χ1n) is 7.11. The molecule has 0 aliphatic rings. The monoisotopic (exact) mass is 346 g/mol. The Morgan fingerprint density at radius 3 is 2.71 bits per heavy atom. The average molecular weight is 347 g/mol. The van der Waals surface area contributed by atoms with Gasteiger partial charge in [-0.1, -0.05) is 23.7 Å². The number of imidazole rings is 1. The van der Waals surface area contributed by atoms with E-state index in [1.54, 1.807) is 13.2 Å². The molecule has 2 heterocycles. The van der Waals surface area contributed by atoms with Gasteiger partial charge in [-0.05, 0) is 17.7 Å². The highest BCUT2D eigenvalue weighted by atomic mass is 35.5. The van der Waals surface area contributed by atoms with Crippen LogP contribution in [0.2, 0.25) is 5.15 Å². The van der Waals surface area contributed by atoms with E-state index in [-0.39, 0.29) is 10.8 Å². The lowest BCUT2D eigenvalue weighted by Crippen LogP contribution is -2.18. The summed E-state index contributed by atoms with van der Waals surface area (Å²) < 4.78 is 6.39. The van der Waals surface area contributed by atoms with Gasteiger partial charge in [-0.2, -0.15) is 5.10 Å². The number of nitrogens with zero attached hydrogens (tertiary/aromatic N) is 4. The zero-order valence-corrected chi connectivity index (χ0v) is 13.9. The number of rotatable bonds is 5. The van der Waals surface area contributed by atoms with Gasteiger partial charge in [0, 0.05) is 19.7 Å². The number of carboxylic acids is 1. The number of anilines is 1. The summed E-state index contributed by atoms with van der Waals surface area (Å²) in [6, 6.07) is 9.36. The molecule has 0 atom stereocenters. The van der Waals surface area contributed by atoms with Crippen LogP contribution >= 0.6 is 11.6 Å². The van der Waals surface area contributed by atoms with Gasteiger partial charge in [0.25, 0.3) is 0 Å². The van der Waals surface area contributed by atoms with Gasteiger partial charge in [0.05, 0.1) is 19.0 Å². The van der Waals surface area contributed by atoms with Gasteiger partial charge in [0.2, 0.25) is 0 Å². The maximum atomic E-state index is 11.3. The molecule has 0 fully saturated rings. The molecule has 0 spiro atoms. The summed E-state index contributed by atoms with van der Waals surface area (Å²) in [7, 11) is 3.50. The molecule has 0 saturated heterocycles. The van der Waals surface area contributed by atoms with Crippen molar-refractivity contribution in [3.63, 3.8) is 0 Å². The Morgan fingerprint density at radius 2 is 2.08 bits per heavy atom. The second-order valence-corrected chi connectivity index (χ2v) is 5.63. The van der Waals surface area contributed by atoms with Crippen LogP contribution in [0.3, 0.4) is 0 Å². The van der Waals surface area contributed by atoms with Crippen LogP contribution < -0.4 is 9.64 Å². The predicted octanol–water partition coefficient (Wildman–Crippen LogP) is 2.73. The largest absolute Gasteiger partial charge is 0.497 e. The summed E-state index contributed by atoms with van der Waals surface area (Å²) in [6.45, 7) is 0.593. The van der Waals surface area contributed by atoms with E-state index >= 15 is 0 Å². The van der Waals surface area contributed by atoms with Crippen molar-refractivity contribution >= 4 is 28.9 Å². The second-order valence-electron chi connectivity index (χ2n) is 5.24. The summed E-state index contributed by atoms with van der Waals surface area (Å²) >= 11 is 6.05. The molecule has 124 valence electrons. The Bertz CT molecular complexity index is 892. The van der Waals surface area contributed by atoms with Gasteiger partial charge in [-0.25, -0.2) is 14.3 Å². The molecule has 2 aromatic heterocycles. The Hall–Kier alpha value is -2.80. The number of fused-ring (bicyclic) bond motifs is 1. The molecule has 0 saturated carbocycles. The van der Waals surface area contributed by atoms with Crippen LogP contribution in [-0.4, -0.2) is 39.8 Å². The molecule has 0 bridgehead atoms. The Kier molecular flexibility index (Phi) is 4.26. The standard InChI is InChI=1S/C16H15ClN4O3/c1-20(9-10-3-5-11(24-2)6-4-10)12-7-14(17)19-21-13(16(22)23)8-18-15(12)21/h3-8H,9H2,1-2H3,(H,22,23). The van der Waals surface area contributed by atoms with Crippen molar-refractivity contribution < 1.29 is 14.6 Å². The number of halogens is 1. The second kappa shape index (κ2) is 6.37. The van der Waals surface area contributed by atoms with Crippen LogP contribution in [0.5, 0.6) is 5.75 Å². The lowest BCUT2D eigenvalue weighted by molar-refractivity contribution is 0.0688. The minimum Gasteiger partial charge on any atom is -0.497 e. The molecular weight excluding hydrogens is 332 g/mol. The third-order valence-electron chi connectivity index (χ3n) is 3.63. The van der Waals surface area contributed by atoms with Crippen LogP contribution in [0.25, 0.3) is 5.65 Å². The maximum Gasteiger partial charge on any atom is 0.356 e. The van der Waals surface area contributed by atoms with Gasteiger partial charge >= 0.3 is 5.97 Å². The third-order valence-corrected chi connectivity index (χ3v) is 3.81. The van der Waals surface area contributed by atoms with Crippen LogP contribution in [0.15, 0.2) is 36.5 Å². The zero-order chi connectivity index (χ0) is 17.3. The summed E-state index contributed by atoms with van der Waals surface area (Å²) in [6.07, 6.45) is 1.27. The first-order chi connectivity index (χ1) is 11.5. The average Bonchev–Trinajstić information content (AvgIpc) is 2.98. The zero-order valence-electron chi connectivity index (χ0n) is 13.1. The highest BCUT2D eigenvalue weighted by Gasteiger charge is 2.17. The molecule has 24 heavy (non-hydrogen) atoms. The van der Waals surface area contributed by atoms with Crippen molar-refractivity contribution in [2.24, 2.45) is 0 Å². The highest BCUT2D eigenvalue weighted by molar-refractivity contribution is 6.29. The van der Waals surface area contributed by atoms with Crippen molar-refractivity contribution in [3.05, 3.63) is 52.9 Å². The fourth-order valence-corrected chi connectivity index (χ4v) is 2.62. The van der Waals surface area contributed by atoms with E-state index in [1.807, 2.05) is 36.2 Å². The van der Waals surface area contributed by atoms with Crippen molar-refractivity contribution in [1.29, 1.82) is 0 Å². The van der Waals surface area contributed by atoms with Crippen molar-refractivity contribution in [3.8, 4) is 5.75 Å². The van der Waals surface area contributed by atoms with Gasteiger partial charge in [-0.15, -0.1) is 0 Å². The summed E-state index contributed by atoms with van der Waals surface area (Å²) in [5.41, 5.74) is 2.16. The van der Waals surface area contributed by atoms with Crippen LogP contribution in [0.4, 0.5) is 5.69 Å². The van der Waals surface area contributed by atoms with E-state index < -0.39 is 5.97 Å². The Morgan fingerprint density at radius 1 is 1.38 bits per heavy atom. The molecule has 3 rings (SSSR count).